The van der Waals surface area contributed by atoms with Crippen LogP contribution in [0.15, 0.2) is 24.3 Å². The lowest BCUT2D eigenvalue weighted by Gasteiger charge is -2.32. The van der Waals surface area contributed by atoms with Crippen LogP contribution in [-0.4, -0.2) is 49.6 Å². The second kappa shape index (κ2) is 5.52. The van der Waals surface area contributed by atoms with Gasteiger partial charge in [0.05, 0.1) is 23.2 Å². The first-order valence-corrected chi connectivity index (χ1v) is 7.23. The summed E-state index contributed by atoms with van der Waals surface area (Å²) >= 11 is 0. The van der Waals surface area contributed by atoms with Gasteiger partial charge in [-0.2, -0.15) is 13.2 Å². The number of nitrogens with one attached hydrogen (secondary N) is 1. The minimum atomic E-state index is -4.44. The molecule has 0 unspecified atom stereocenters. The molecule has 0 bridgehead atoms. The lowest BCUT2D eigenvalue weighted by molar-refractivity contribution is -0.182. The lowest BCUT2D eigenvalue weighted by Crippen LogP contribution is -2.48. The van der Waals surface area contributed by atoms with Crippen molar-refractivity contribution in [2.45, 2.75) is 6.18 Å². The average molecular weight is 327 g/mol. The van der Waals surface area contributed by atoms with Crippen molar-refractivity contribution in [2.75, 3.05) is 36.9 Å². The second-order valence-electron chi connectivity index (χ2n) is 5.97. The minimum Gasteiger partial charge on any atom is -0.323 e. The molecule has 124 valence electrons. The third-order valence-corrected chi connectivity index (χ3v) is 4.28. The number of alkyl halides is 3. The molecular weight excluding hydrogens is 311 g/mol. The van der Waals surface area contributed by atoms with Crippen LogP contribution in [0, 0.1) is 11.8 Å². The Morgan fingerprint density at radius 1 is 1.26 bits per heavy atom. The molecule has 0 aromatic heterocycles. The topological polar surface area (TPSA) is 52.7 Å². The summed E-state index contributed by atoms with van der Waals surface area (Å²) < 4.78 is 39.6. The van der Waals surface area contributed by atoms with Crippen LogP contribution in [0.25, 0.3) is 0 Å². The molecule has 3 rings (SSSR count). The molecule has 2 aliphatic heterocycles. The van der Waals surface area contributed by atoms with Gasteiger partial charge in [-0.05, 0) is 19.2 Å². The molecule has 23 heavy (non-hydrogen) atoms. The van der Waals surface area contributed by atoms with E-state index in [0.29, 0.717) is 11.4 Å². The van der Waals surface area contributed by atoms with E-state index in [1.165, 1.54) is 4.90 Å². The van der Waals surface area contributed by atoms with Crippen molar-refractivity contribution in [1.29, 1.82) is 0 Å². The molecule has 1 aromatic rings. The van der Waals surface area contributed by atoms with Crippen LogP contribution in [0.5, 0.6) is 0 Å². The third kappa shape index (κ3) is 2.90. The molecule has 1 saturated heterocycles. The summed E-state index contributed by atoms with van der Waals surface area (Å²) in [5.41, 5.74) is 0.875. The van der Waals surface area contributed by atoms with Gasteiger partial charge in [0.25, 0.3) is 0 Å². The molecule has 2 aliphatic rings. The van der Waals surface area contributed by atoms with Gasteiger partial charge in [0, 0.05) is 13.1 Å². The number of hydrogen-bond acceptors (Lipinski definition) is 3. The van der Waals surface area contributed by atoms with Crippen molar-refractivity contribution in [3.8, 4) is 0 Å². The molecule has 0 radical (unpaired) electrons. The number of nitrogens with zero attached hydrogens (tertiary/aromatic N) is 2. The first kappa shape index (κ1) is 15.8. The number of likely N-dealkylation sites (tertiary alicyclic amines) is 1. The summed E-state index contributed by atoms with van der Waals surface area (Å²) in [5.74, 6) is -3.97. The van der Waals surface area contributed by atoms with Crippen LogP contribution in [0.4, 0.5) is 24.5 Å². The normalized spacial score (nSPS) is 25.2. The Balaban J connectivity index is 1.92. The van der Waals surface area contributed by atoms with E-state index in [4.69, 9.17) is 0 Å². The number of carbonyl (C=O) groups excluding carboxylic acids is 2. The molecule has 1 N–H and O–H groups in total. The molecule has 1 fully saturated rings. The highest BCUT2D eigenvalue weighted by atomic mass is 19.4. The van der Waals surface area contributed by atoms with E-state index in [-0.39, 0.29) is 19.6 Å². The summed E-state index contributed by atoms with van der Waals surface area (Å²) in [7, 11) is 1.56. The molecular formula is C15H16F3N3O2. The fourth-order valence-corrected chi connectivity index (χ4v) is 3.21. The van der Waals surface area contributed by atoms with Crippen LogP contribution in [0.2, 0.25) is 0 Å². The first-order valence-electron chi connectivity index (χ1n) is 7.23. The molecule has 0 spiro atoms. The van der Waals surface area contributed by atoms with E-state index in [9.17, 15) is 22.8 Å². The highest BCUT2D eigenvalue weighted by molar-refractivity contribution is 6.10. The Morgan fingerprint density at radius 2 is 1.96 bits per heavy atom. The molecule has 2 amide bonds. The fraction of sp³-hybridized carbons (Fsp3) is 0.467. The van der Waals surface area contributed by atoms with Gasteiger partial charge in [-0.15, -0.1) is 0 Å². The zero-order chi connectivity index (χ0) is 16.8. The van der Waals surface area contributed by atoms with Crippen LogP contribution >= 0.6 is 0 Å². The predicted octanol–water partition coefficient (Wildman–Crippen LogP) is 1.71. The largest absolute Gasteiger partial charge is 0.393 e. The van der Waals surface area contributed by atoms with Crippen molar-refractivity contribution < 1.29 is 22.8 Å². The van der Waals surface area contributed by atoms with Crippen molar-refractivity contribution in [1.82, 2.24) is 4.90 Å². The summed E-state index contributed by atoms with van der Waals surface area (Å²) in [5, 5.41) is 2.62. The maximum atomic E-state index is 13.2. The van der Waals surface area contributed by atoms with Crippen LogP contribution in [0.1, 0.15) is 0 Å². The predicted molar refractivity (Wildman–Crippen MR) is 78.0 cm³/mol. The molecule has 5 nitrogen and oxygen atoms in total. The average Bonchev–Trinajstić information content (AvgIpc) is 2.88. The maximum absolute atomic E-state index is 13.2. The number of hydrogen-bond donors (Lipinski definition) is 1. The summed E-state index contributed by atoms with van der Waals surface area (Å²) in [6.07, 6.45) is -4.44. The van der Waals surface area contributed by atoms with E-state index >= 15 is 0 Å². The van der Waals surface area contributed by atoms with E-state index in [1.807, 2.05) is 0 Å². The van der Waals surface area contributed by atoms with Gasteiger partial charge in [0.1, 0.15) is 6.54 Å². The number of amides is 2. The van der Waals surface area contributed by atoms with Gasteiger partial charge in [-0.3, -0.25) is 9.59 Å². The second-order valence-corrected chi connectivity index (χ2v) is 5.97. The van der Waals surface area contributed by atoms with E-state index < -0.39 is 29.8 Å². The van der Waals surface area contributed by atoms with Crippen molar-refractivity contribution >= 4 is 23.2 Å². The molecule has 2 atom stereocenters. The number of carbonyl (C=O) groups is 2. The van der Waals surface area contributed by atoms with Gasteiger partial charge in [-0.25, -0.2) is 0 Å². The van der Waals surface area contributed by atoms with Crippen molar-refractivity contribution in [3.63, 3.8) is 0 Å². The summed E-state index contributed by atoms with van der Waals surface area (Å²) in [4.78, 5) is 27.2. The monoisotopic (exact) mass is 327 g/mol. The summed E-state index contributed by atoms with van der Waals surface area (Å²) in [6, 6.07) is 6.61. The number of rotatable bonds is 1. The third-order valence-electron chi connectivity index (χ3n) is 4.28. The molecule has 2 heterocycles. The number of halogens is 3. The zero-order valence-electron chi connectivity index (χ0n) is 12.4. The standard InChI is InChI=1S/C15H16F3N3O2/c1-20-6-9(10(7-20)15(16,17)18)14(23)21-8-13(22)19-11-4-2-3-5-12(11)21/h2-5,9-10H,6-8H2,1H3,(H,19,22)/t9-,10-/m1/s1. The molecule has 0 aliphatic carbocycles. The van der Waals surface area contributed by atoms with Crippen LogP contribution < -0.4 is 10.2 Å². The van der Waals surface area contributed by atoms with Gasteiger partial charge >= 0.3 is 6.18 Å². The Kier molecular flexibility index (Phi) is 3.79. The zero-order valence-corrected chi connectivity index (χ0v) is 12.4. The van der Waals surface area contributed by atoms with Gasteiger partial charge < -0.3 is 15.1 Å². The number of fused-ring (bicyclic) bond motifs is 1. The minimum absolute atomic E-state index is 0.0310. The smallest absolute Gasteiger partial charge is 0.323 e. The van der Waals surface area contributed by atoms with Gasteiger partial charge in [0.2, 0.25) is 11.8 Å². The van der Waals surface area contributed by atoms with E-state index in [0.717, 1.165) is 4.90 Å². The van der Waals surface area contributed by atoms with Crippen molar-refractivity contribution in [2.24, 2.45) is 11.8 Å². The highest BCUT2D eigenvalue weighted by Gasteiger charge is 2.52. The van der Waals surface area contributed by atoms with Gasteiger partial charge in [0.15, 0.2) is 0 Å². The maximum Gasteiger partial charge on any atom is 0.393 e. The highest BCUT2D eigenvalue weighted by Crippen LogP contribution is 2.39. The lowest BCUT2D eigenvalue weighted by atomic mass is 9.93. The number of benzene rings is 1. The number of anilines is 2. The molecule has 8 heteroatoms. The molecule has 0 saturated carbocycles. The fourth-order valence-electron chi connectivity index (χ4n) is 3.21. The Morgan fingerprint density at radius 3 is 2.65 bits per heavy atom. The van der Waals surface area contributed by atoms with Crippen molar-refractivity contribution in [3.05, 3.63) is 24.3 Å². The quantitative estimate of drug-likeness (QED) is 0.854. The summed E-state index contributed by atoms with van der Waals surface area (Å²) in [6.45, 7) is -0.439. The van der Waals surface area contributed by atoms with E-state index in [2.05, 4.69) is 5.32 Å². The van der Waals surface area contributed by atoms with Crippen LogP contribution in [-0.2, 0) is 9.59 Å². The SMILES string of the molecule is CN1C[C@@H](C(F)(F)F)[C@H](C(=O)N2CC(=O)Nc3ccccc32)C1. The Bertz CT molecular complexity index is 647. The Hall–Kier alpha value is -2.09. The van der Waals surface area contributed by atoms with Gasteiger partial charge in [-0.1, -0.05) is 12.1 Å². The first-order chi connectivity index (χ1) is 10.8. The molecule has 1 aromatic carbocycles. The number of para-hydroxylation sites is 2. The Labute approximate surface area is 131 Å². The van der Waals surface area contributed by atoms with Crippen LogP contribution in [0.3, 0.4) is 0 Å². The van der Waals surface area contributed by atoms with E-state index in [1.54, 1.807) is 31.3 Å².